The molecule has 136 valence electrons. The summed E-state index contributed by atoms with van der Waals surface area (Å²) in [4.78, 5) is 32.2. The Morgan fingerprint density at radius 2 is 1.30 bits per heavy atom. The Morgan fingerprint density at radius 3 is 1.70 bits per heavy atom. The maximum atomic E-state index is 10.9. The molecule has 0 saturated carbocycles. The number of carbonyl (C=O) groups is 3. The van der Waals surface area contributed by atoms with E-state index in [0.29, 0.717) is 32.0 Å². The molecule has 0 aromatic carbocycles. The van der Waals surface area contributed by atoms with Gasteiger partial charge in [-0.1, -0.05) is 40.5 Å². The van der Waals surface area contributed by atoms with E-state index in [1.54, 1.807) is 0 Å². The maximum Gasteiger partial charge on any atom is 0.306 e. The SMILES string of the molecule is CCCCOC(=O)CC(C)C.CCCCOC(=O)CCC(C)=O. The van der Waals surface area contributed by atoms with Crippen molar-refractivity contribution in [3.05, 3.63) is 0 Å². The summed E-state index contributed by atoms with van der Waals surface area (Å²) in [6.07, 6.45) is 5.03. The van der Waals surface area contributed by atoms with Crippen LogP contribution < -0.4 is 0 Å². The number of rotatable bonds is 11. The first kappa shape index (κ1) is 23.9. The normalized spacial score (nSPS) is 9.83. The molecule has 0 aliphatic heterocycles. The predicted octanol–water partition coefficient (Wildman–Crippen LogP) is 4.07. The average Bonchev–Trinajstić information content (AvgIpc) is 2.45. The molecule has 0 atom stereocenters. The van der Waals surface area contributed by atoms with Crippen LogP contribution in [0, 0.1) is 5.92 Å². The van der Waals surface area contributed by atoms with Gasteiger partial charge in [0.1, 0.15) is 5.78 Å². The Balaban J connectivity index is 0. The van der Waals surface area contributed by atoms with E-state index in [1.807, 2.05) is 20.8 Å². The van der Waals surface area contributed by atoms with Crippen LogP contribution >= 0.6 is 0 Å². The Morgan fingerprint density at radius 1 is 0.826 bits per heavy atom. The number of hydrogen-bond donors (Lipinski definition) is 0. The first-order valence-electron chi connectivity index (χ1n) is 8.64. The minimum absolute atomic E-state index is 0.0300. The van der Waals surface area contributed by atoms with Gasteiger partial charge >= 0.3 is 11.9 Å². The third-order valence-corrected chi connectivity index (χ3v) is 2.78. The van der Waals surface area contributed by atoms with E-state index < -0.39 is 0 Å². The molecule has 0 aromatic rings. The van der Waals surface area contributed by atoms with E-state index >= 15 is 0 Å². The molecule has 0 fully saturated rings. The summed E-state index contributed by atoms with van der Waals surface area (Å²) < 4.78 is 9.80. The molecule has 0 rings (SSSR count). The van der Waals surface area contributed by atoms with Gasteiger partial charge in [-0.25, -0.2) is 0 Å². The first-order chi connectivity index (χ1) is 10.8. The minimum Gasteiger partial charge on any atom is -0.466 e. The van der Waals surface area contributed by atoms with Gasteiger partial charge in [-0.2, -0.15) is 0 Å². The molecule has 0 unspecified atom stereocenters. The van der Waals surface area contributed by atoms with E-state index in [-0.39, 0.29) is 24.1 Å². The summed E-state index contributed by atoms with van der Waals surface area (Å²) in [5.74, 6) is 0.110. The lowest BCUT2D eigenvalue weighted by molar-refractivity contribution is -0.145. The van der Waals surface area contributed by atoms with E-state index in [0.717, 1.165) is 25.7 Å². The first-order valence-corrected chi connectivity index (χ1v) is 8.64. The van der Waals surface area contributed by atoms with Crippen LogP contribution in [0.15, 0.2) is 0 Å². The van der Waals surface area contributed by atoms with Crippen molar-refractivity contribution in [3.63, 3.8) is 0 Å². The van der Waals surface area contributed by atoms with E-state index in [2.05, 4.69) is 6.92 Å². The third-order valence-electron chi connectivity index (χ3n) is 2.78. The molecule has 0 bridgehead atoms. The summed E-state index contributed by atoms with van der Waals surface area (Å²) in [6.45, 7) is 10.7. The molecule has 0 radical (unpaired) electrons. The summed E-state index contributed by atoms with van der Waals surface area (Å²) in [6, 6.07) is 0. The van der Waals surface area contributed by atoms with Crippen LogP contribution in [0.1, 0.15) is 79.6 Å². The number of Topliss-reactive ketones (excluding diaryl/α,β-unsaturated/α-hetero) is 1. The molecular formula is C18H34O5. The Bertz CT molecular complexity index is 323. The van der Waals surface area contributed by atoms with Crippen molar-refractivity contribution in [2.45, 2.75) is 79.6 Å². The third kappa shape index (κ3) is 23.0. The molecule has 0 saturated heterocycles. The standard InChI is InChI=1S/C9H16O3.C9H18O2/c1-3-4-7-12-9(11)6-5-8(2)10;1-4-5-6-11-9(10)7-8(2)3/h3-7H2,1-2H3;8H,4-7H2,1-3H3. The highest BCUT2D eigenvalue weighted by atomic mass is 16.5. The molecular weight excluding hydrogens is 296 g/mol. The minimum atomic E-state index is -0.265. The molecule has 5 nitrogen and oxygen atoms in total. The van der Waals surface area contributed by atoms with Gasteiger partial charge < -0.3 is 14.3 Å². The molecule has 0 aromatic heterocycles. The molecule has 0 spiro atoms. The topological polar surface area (TPSA) is 69.7 Å². The smallest absolute Gasteiger partial charge is 0.306 e. The lowest BCUT2D eigenvalue weighted by Crippen LogP contribution is -2.08. The van der Waals surface area contributed by atoms with Crippen LogP contribution in [0.2, 0.25) is 0 Å². The summed E-state index contributed by atoms with van der Waals surface area (Å²) in [5, 5.41) is 0. The molecule has 0 heterocycles. The fourth-order valence-corrected chi connectivity index (χ4v) is 1.40. The lowest BCUT2D eigenvalue weighted by atomic mass is 10.1. The monoisotopic (exact) mass is 330 g/mol. The molecule has 0 N–H and O–H groups in total. The number of carbonyl (C=O) groups excluding carboxylic acids is 3. The zero-order chi connectivity index (χ0) is 18.1. The highest BCUT2D eigenvalue weighted by Gasteiger charge is 2.04. The highest BCUT2D eigenvalue weighted by molar-refractivity contribution is 5.80. The van der Waals surface area contributed by atoms with Gasteiger partial charge in [-0.05, 0) is 25.7 Å². The summed E-state index contributed by atoms with van der Waals surface area (Å²) >= 11 is 0. The highest BCUT2D eigenvalue weighted by Crippen LogP contribution is 2.01. The van der Waals surface area contributed by atoms with E-state index in [9.17, 15) is 14.4 Å². The molecule has 0 aliphatic carbocycles. The van der Waals surface area contributed by atoms with Gasteiger partial charge in [0.15, 0.2) is 0 Å². The lowest BCUT2D eigenvalue weighted by Gasteiger charge is -2.04. The van der Waals surface area contributed by atoms with E-state index in [4.69, 9.17) is 9.47 Å². The quantitative estimate of drug-likeness (QED) is 0.422. The molecule has 23 heavy (non-hydrogen) atoms. The maximum absolute atomic E-state index is 10.9. The van der Waals surface area contributed by atoms with Crippen molar-refractivity contribution >= 4 is 17.7 Å². The van der Waals surface area contributed by atoms with Crippen LogP contribution in [0.4, 0.5) is 0 Å². The van der Waals surface area contributed by atoms with Crippen LogP contribution in [0.25, 0.3) is 0 Å². The van der Waals surface area contributed by atoms with Crippen LogP contribution in [-0.4, -0.2) is 30.9 Å². The Kier molecular flexibility index (Phi) is 17.6. The van der Waals surface area contributed by atoms with Crippen molar-refractivity contribution in [1.82, 2.24) is 0 Å². The van der Waals surface area contributed by atoms with Gasteiger partial charge in [-0.3, -0.25) is 9.59 Å². The average molecular weight is 330 g/mol. The van der Waals surface area contributed by atoms with Gasteiger partial charge in [0, 0.05) is 12.8 Å². The second kappa shape index (κ2) is 17.0. The van der Waals surface area contributed by atoms with E-state index in [1.165, 1.54) is 6.92 Å². The second-order valence-corrected chi connectivity index (χ2v) is 5.95. The fourth-order valence-electron chi connectivity index (χ4n) is 1.40. The molecule has 0 amide bonds. The van der Waals surface area contributed by atoms with Gasteiger partial charge in [-0.15, -0.1) is 0 Å². The van der Waals surface area contributed by atoms with Gasteiger partial charge in [0.05, 0.1) is 19.6 Å². The van der Waals surface area contributed by atoms with Gasteiger partial charge in [0.25, 0.3) is 0 Å². The van der Waals surface area contributed by atoms with Crippen LogP contribution in [-0.2, 0) is 23.9 Å². The predicted molar refractivity (Wildman–Crippen MR) is 91.1 cm³/mol. The number of ether oxygens (including phenoxy) is 2. The Labute approximate surface area is 141 Å². The van der Waals surface area contributed by atoms with Crippen LogP contribution in [0.3, 0.4) is 0 Å². The zero-order valence-electron chi connectivity index (χ0n) is 15.5. The number of hydrogen-bond acceptors (Lipinski definition) is 5. The second-order valence-electron chi connectivity index (χ2n) is 5.95. The number of ketones is 1. The molecule has 0 aliphatic rings. The van der Waals surface area contributed by atoms with Gasteiger partial charge in [0.2, 0.25) is 0 Å². The number of unbranched alkanes of at least 4 members (excludes halogenated alkanes) is 2. The Hall–Kier alpha value is -1.39. The summed E-state index contributed by atoms with van der Waals surface area (Å²) in [7, 11) is 0. The van der Waals surface area contributed by atoms with Crippen LogP contribution in [0.5, 0.6) is 0 Å². The van der Waals surface area contributed by atoms with Crippen molar-refractivity contribution < 1.29 is 23.9 Å². The van der Waals surface area contributed by atoms with Crippen molar-refractivity contribution in [3.8, 4) is 0 Å². The van der Waals surface area contributed by atoms with Crippen molar-refractivity contribution in [1.29, 1.82) is 0 Å². The zero-order valence-corrected chi connectivity index (χ0v) is 15.5. The fraction of sp³-hybridized carbons (Fsp3) is 0.833. The summed E-state index contributed by atoms with van der Waals surface area (Å²) in [5.41, 5.74) is 0. The largest absolute Gasteiger partial charge is 0.466 e. The molecule has 5 heteroatoms. The van der Waals surface area contributed by atoms with Crippen molar-refractivity contribution in [2.75, 3.05) is 13.2 Å². The number of esters is 2. The van der Waals surface area contributed by atoms with Crippen molar-refractivity contribution in [2.24, 2.45) is 5.92 Å².